The molecule has 0 saturated heterocycles. The Balaban J connectivity index is 2.28. The van der Waals surface area contributed by atoms with Gasteiger partial charge in [0.05, 0.1) is 0 Å². The molecule has 0 unspecified atom stereocenters. The van der Waals surface area contributed by atoms with E-state index in [9.17, 15) is 9.59 Å². The van der Waals surface area contributed by atoms with E-state index in [-0.39, 0.29) is 5.78 Å². The molecule has 31 heavy (non-hydrogen) atoms. The van der Waals surface area contributed by atoms with Crippen LogP contribution < -0.4 is 3.58 Å². The zero-order valence-corrected chi connectivity index (χ0v) is 22.6. The summed E-state index contributed by atoms with van der Waals surface area (Å²) in [7, 11) is 1.36. The van der Waals surface area contributed by atoms with Crippen molar-refractivity contribution < 1.29 is 14.3 Å². The Morgan fingerprint density at radius 3 is 1.45 bits per heavy atom. The molecule has 0 heterocycles. The zero-order chi connectivity index (χ0) is 22.7. The Morgan fingerprint density at radius 2 is 1.06 bits per heavy atom. The second kappa shape index (κ2) is 13.0. The zero-order valence-electron chi connectivity index (χ0n) is 19.7. The molecular formula is C27H38O3Sn. The summed E-state index contributed by atoms with van der Waals surface area (Å²) in [6.07, 6.45) is 7.77. The van der Waals surface area contributed by atoms with Gasteiger partial charge in [0.25, 0.3) is 0 Å². The number of benzene rings is 2. The number of carbonyl (C=O) groups is 2. The molecular weight excluding hydrogens is 491 g/mol. The molecule has 4 heteroatoms. The van der Waals surface area contributed by atoms with Crippen molar-refractivity contribution >= 4 is 33.7 Å². The minimum absolute atomic E-state index is 0.000518. The van der Waals surface area contributed by atoms with Crippen LogP contribution in [0.3, 0.4) is 0 Å². The van der Waals surface area contributed by atoms with Gasteiger partial charge in [0, 0.05) is 0 Å². The summed E-state index contributed by atoms with van der Waals surface area (Å²) < 4.78 is 10.6. The average Bonchev–Trinajstić information content (AvgIpc) is 2.83. The third-order valence-electron chi connectivity index (χ3n) is 6.35. The number of methoxy groups -OCH3 is 1. The van der Waals surface area contributed by atoms with Gasteiger partial charge < -0.3 is 0 Å². The summed E-state index contributed by atoms with van der Waals surface area (Å²) in [5.74, 6) is -0.391. The van der Waals surface area contributed by atoms with E-state index < -0.39 is 24.3 Å². The van der Waals surface area contributed by atoms with E-state index >= 15 is 0 Å². The third-order valence-corrected chi connectivity index (χ3v) is 22.0. The number of rotatable bonds is 13. The first-order valence-electron chi connectivity index (χ1n) is 11.8. The second-order valence-electron chi connectivity index (χ2n) is 8.57. The van der Waals surface area contributed by atoms with Crippen LogP contribution in [0.25, 0.3) is 0 Å². The van der Waals surface area contributed by atoms with Gasteiger partial charge in [-0.1, -0.05) is 0 Å². The molecule has 0 atom stereocenters. The van der Waals surface area contributed by atoms with Crippen molar-refractivity contribution in [2.24, 2.45) is 0 Å². The fourth-order valence-electron chi connectivity index (χ4n) is 4.37. The molecule has 0 spiro atoms. The van der Waals surface area contributed by atoms with Crippen LogP contribution >= 0.6 is 0 Å². The van der Waals surface area contributed by atoms with Gasteiger partial charge in [-0.2, -0.15) is 0 Å². The Morgan fingerprint density at radius 1 is 0.677 bits per heavy atom. The van der Waals surface area contributed by atoms with E-state index in [0.29, 0.717) is 11.1 Å². The molecule has 0 aliphatic heterocycles. The Labute approximate surface area is 192 Å². The molecule has 0 aliphatic rings. The predicted octanol–water partition coefficient (Wildman–Crippen LogP) is 6.76. The fourth-order valence-corrected chi connectivity index (χ4v) is 20.3. The summed E-state index contributed by atoms with van der Waals surface area (Å²) in [5, 5.41) is 0. The molecule has 2 aromatic rings. The molecule has 2 rings (SSSR count). The van der Waals surface area contributed by atoms with E-state index in [4.69, 9.17) is 4.74 Å². The number of hydrogen-bond acceptors (Lipinski definition) is 3. The van der Waals surface area contributed by atoms with Crippen LogP contribution in [0.15, 0.2) is 48.5 Å². The molecule has 2 aromatic carbocycles. The summed E-state index contributed by atoms with van der Waals surface area (Å²) >= 11 is -2.47. The number of carbonyl (C=O) groups excluding carboxylic acids is 2. The van der Waals surface area contributed by atoms with Gasteiger partial charge in [0.15, 0.2) is 0 Å². The molecule has 0 saturated carbocycles. The topological polar surface area (TPSA) is 43.4 Å². The Kier molecular flexibility index (Phi) is 10.8. The van der Waals surface area contributed by atoms with Crippen LogP contribution in [0.1, 0.15) is 85.6 Å². The molecule has 0 bridgehead atoms. The maximum absolute atomic E-state index is 13.0. The molecule has 0 amide bonds. The molecule has 0 fully saturated rings. The molecule has 0 N–H and O–H groups in total. The molecule has 0 aliphatic carbocycles. The van der Waals surface area contributed by atoms with Gasteiger partial charge in [-0.15, -0.1) is 0 Å². The van der Waals surface area contributed by atoms with Gasteiger partial charge in [-0.25, -0.2) is 0 Å². The molecule has 0 aromatic heterocycles. The van der Waals surface area contributed by atoms with Gasteiger partial charge in [-0.3, -0.25) is 0 Å². The number of ether oxygens (including phenoxy) is 1. The van der Waals surface area contributed by atoms with Crippen LogP contribution in [0.4, 0.5) is 0 Å². The van der Waals surface area contributed by atoms with Crippen LogP contribution in [-0.2, 0) is 4.74 Å². The second-order valence-corrected chi connectivity index (χ2v) is 21.8. The van der Waals surface area contributed by atoms with Crippen molar-refractivity contribution in [2.45, 2.75) is 72.6 Å². The Bertz CT molecular complexity index is 803. The predicted molar refractivity (Wildman–Crippen MR) is 132 cm³/mol. The first-order chi connectivity index (χ1) is 15.0. The van der Waals surface area contributed by atoms with Gasteiger partial charge in [0.2, 0.25) is 0 Å². The minimum atomic E-state index is -2.47. The quantitative estimate of drug-likeness (QED) is 0.164. The van der Waals surface area contributed by atoms with E-state index in [0.717, 1.165) is 5.56 Å². The monoisotopic (exact) mass is 530 g/mol. The van der Waals surface area contributed by atoms with Crippen molar-refractivity contribution in [1.82, 2.24) is 0 Å². The third kappa shape index (κ3) is 6.93. The van der Waals surface area contributed by atoms with Crippen LogP contribution in [0.5, 0.6) is 0 Å². The number of hydrogen-bond donors (Lipinski definition) is 0. The molecule has 0 radical (unpaired) electrons. The van der Waals surface area contributed by atoms with E-state index in [1.165, 1.54) is 58.9 Å². The number of ketones is 1. The van der Waals surface area contributed by atoms with Crippen molar-refractivity contribution in [2.75, 3.05) is 7.11 Å². The molecule has 168 valence electrons. The van der Waals surface area contributed by atoms with Crippen molar-refractivity contribution in [3.05, 3.63) is 65.2 Å². The number of unbranched alkanes of at least 4 members (excludes halogenated alkanes) is 3. The number of esters is 1. The average molecular weight is 529 g/mol. The van der Waals surface area contributed by atoms with Crippen molar-refractivity contribution in [3.63, 3.8) is 0 Å². The first-order valence-corrected chi connectivity index (χ1v) is 19.3. The Hall–Kier alpha value is -1.62. The summed E-state index contributed by atoms with van der Waals surface area (Å²) in [6, 6.07) is 15.3. The van der Waals surface area contributed by atoms with Crippen LogP contribution in [0.2, 0.25) is 13.3 Å². The summed E-state index contributed by atoms with van der Waals surface area (Å²) in [6.45, 7) is 6.89. The SMILES string of the molecule is CCC[CH2][Sn]([CH2]CCC)([CH2]CCC)[c]1ccc(C(=O)c2ccc(C(=O)OC)cc2)cc1. The standard InChI is InChI=1S/C15H11O3.3C4H9.Sn/c1-18-15(17)13-9-7-12(8-10-13)14(16)11-5-3-2-4-6-11;3*1-3-4-2;/h3-10H,1H3;3*1,3-4H2,2H3;. The summed E-state index contributed by atoms with van der Waals surface area (Å²) in [4.78, 5) is 24.6. The first kappa shape index (κ1) is 25.6. The normalized spacial score (nSPS) is 11.4. The fraction of sp³-hybridized carbons (Fsp3) is 0.481. The van der Waals surface area contributed by atoms with Gasteiger partial charge >= 0.3 is 193 Å². The summed E-state index contributed by atoms with van der Waals surface area (Å²) in [5.41, 5.74) is 1.77. The van der Waals surface area contributed by atoms with Gasteiger partial charge in [0.1, 0.15) is 0 Å². The van der Waals surface area contributed by atoms with E-state index in [1.54, 1.807) is 27.8 Å². The van der Waals surface area contributed by atoms with Crippen molar-refractivity contribution in [3.8, 4) is 0 Å². The maximum atomic E-state index is 13.0. The van der Waals surface area contributed by atoms with E-state index in [1.807, 2.05) is 12.1 Å². The van der Waals surface area contributed by atoms with Crippen molar-refractivity contribution in [1.29, 1.82) is 0 Å². The van der Waals surface area contributed by atoms with Crippen LogP contribution in [0, 0.1) is 0 Å². The van der Waals surface area contributed by atoms with Crippen LogP contribution in [-0.4, -0.2) is 37.2 Å². The van der Waals surface area contributed by atoms with E-state index in [2.05, 4.69) is 32.9 Å². The van der Waals surface area contributed by atoms with Gasteiger partial charge in [-0.05, 0) is 0 Å². The molecule has 3 nitrogen and oxygen atoms in total.